The van der Waals surface area contributed by atoms with Crippen LogP contribution in [-0.4, -0.2) is 58.9 Å². The number of primary amides is 1. The van der Waals surface area contributed by atoms with Gasteiger partial charge in [0.05, 0.1) is 30.1 Å². The van der Waals surface area contributed by atoms with E-state index in [-0.39, 0.29) is 34.4 Å². The summed E-state index contributed by atoms with van der Waals surface area (Å²) in [5.41, 5.74) is 5.65. The predicted molar refractivity (Wildman–Crippen MR) is 123 cm³/mol. The Morgan fingerprint density at radius 2 is 2.00 bits per heavy atom. The predicted octanol–water partition coefficient (Wildman–Crippen LogP) is 1.97. The zero-order valence-corrected chi connectivity index (χ0v) is 19.2. The molecular formula is C21H23ClN4O6S. The van der Waals surface area contributed by atoms with Crippen molar-refractivity contribution >= 4 is 44.6 Å². The molecule has 2 aliphatic heterocycles. The van der Waals surface area contributed by atoms with Gasteiger partial charge in [-0.1, -0.05) is 11.6 Å². The second-order valence-corrected chi connectivity index (χ2v) is 9.56. The van der Waals surface area contributed by atoms with Gasteiger partial charge in [-0.3, -0.25) is 9.52 Å². The van der Waals surface area contributed by atoms with Gasteiger partial charge in [-0.15, -0.1) is 0 Å². The molecule has 2 bridgehead atoms. The number of ether oxygens (including phenoxy) is 2. The number of amides is 1. The summed E-state index contributed by atoms with van der Waals surface area (Å²) in [6.45, 7) is 2.94. The summed E-state index contributed by atoms with van der Waals surface area (Å²) in [5, 5.41) is 12.8. The first-order valence-electron chi connectivity index (χ1n) is 10.3. The molecule has 2 aliphatic rings. The molecule has 0 saturated carbocycles. The summed E-state index contributed by atoms with van der Waals surface area (Å²) < 4.78 is 40.4. The summed E-state index contributed by atoms with van der Waals surface area (Å²) in [6.07, 6.45) is 1.72. The van der Waals surface area contributed by atoms with E-state index in [0.717, 1.165) is 25.5 Å². The lowest BCUT2D eigenvalue weighted by atomic mass is 10.1. The van der Waals surface area contributed by atoms with E-state index in [1.54, 1.807) is 6.07 Å². The zero-order chi connectivity index (χ0) is 23.6. The molecule has 0 fully saturated rings. The molecule has 1 amide bonds. The van der Waals surface area contributed by atoms with Crippen molar-refractivity contribution in [3.05, 3.63) is 34.9 Å². The smallest absolute Gasteiger partial charge is 0.264 e. The Morgan fingerprint density at radius 1 is 1.18 bits per heavy atom. The van der Waals surface area contributed by atoms with Gasteiger partial charge in [0.25, 0.3) is 15.9 Å². The number of sulfonamides is 1. The Hall–Kier alpha value is -3.07. The highest BCUT2D eigenvalue weighted by Gasteiger charge is 2.28. The standard InChI is InChI=1S/C21H23ClN4O6S/c22-18-19-17(12-14(20(18)27)21(23)28)33(29,30)25-13-3-4-16-15(11-13)26(7-10-32-16)6-1-2-8-31-9-5-24-19/h11-12,24-25,27H,1-2,5-10H2,(H2,23,28). The van der Waals surface area contributed by atoms with Crippen LogP contribution in [0.4, 0.5) is 17.1 Å². The van der Waals surface area contributed by atoms with Gasteiger partial charge in [-0.05, 0) is 37.1 Å². The van der Waals surface area contributed by atoms with E-state index >= 15 is 0 Å². The first-order valence-corrected chi connectivity index (χ1v) is 12.2. The summed E-state index contributed by atoms with van der Waals surface area (Å²) in [4.78, 5) is 13.5. The number of fused-ring (bicyclic) bond motifs is 2. The van der Waals surface area contributed by atoms with Crippen molar-refractivity contribution < 1.29 is 27.8 Å². The molecule has 0 radical (unpaired) electrons. The number of phenols is 1. The number of hydrogen-bond acceptors (Lipinski definition) is 8. The maximum absolute atomic E-state index is 13.3. The number of rotatable bonds is 1. The topological polar surface area (TPSA) is 143 Å². The lowest BCUT2D eigenvalue weighted by molar-refractivity contribution is 0.0997. The van der Waals surface area contributed by atoms with E-state index in [0.29, 0.717) is 31.2 Å². The van der Waals surface area contributed by atoms with E-state index in [1.165, 1.54) is 0 Å². The molecule has 0 spiro atoms. The van der Waals surface area contributed by atoms with Crippen molar-refractivity contribution in [3.63, 3.8) is 0 Å². The van der Waals surface area contributed by atoms with Crippen molar-refractivity contribution in [1.29, 1.82) is 0 Å². The van der Waals surface area contributed by atoms with Crippen LogP contribution in [0.15, 0.2) is 17.0 Å². The van der Waals surface area contributed by atoms with Gasteiger partial charge >= 0.3 is 0 Å². The number of aromatic hydroxyl groups is 1. The molecule has 2 heterocycles. The molecular weight excluding hydrogens is 472 g/mol. The summed E-state index contributed by atoms with van der Waals surface area (Å²) >= 11 is 6.23. The molecule has 10 nitrogen and oxygen atoms in total. The largest absolute Gasteiger partial charge is 0.505 e. The number of anilines is 3. The van der Waals surface area contributed by atoms with E-state index in [2.05, 4.69) is 27.1 Å². The number of hydrogen-bond donors (Lipinski definition) is 4. The Kier molecular flexibility index (Phi) is 6.60. The highest BCUT2D eigenvalue weighted by Crippen LogP contribution is 2.40. The Morgan fingerprint density at radius 3 is 2.79 bits per heavy atom. The normalized spacial score (nSPS) is 18.0. The van der Waals surface area contributed by atoms with Gasteiger partial charge < -0.3 is 30.5 Å². The molecule has 0 unspecified atom stereocenters. The minimum atomic E-state index is -4.29. The fraction of sp³-hybridized carbons (Fsp3) is 0.381. The average Bonchev–Trinajstić information content (AvgIpc) is 2.77. The van der Waals surface area contributed by atoms with Crippen LogP contribution in [0, 0.1) is 12.1 Å². The lowest BCUT2D eigenvalue weighted by Crippen LogP contribution is -2.33. The molecule has 4 rings (SSSR count). The lowest BCUT2D eigenvalue weighted by Gasteiger charge is -2.30. The van der Waals surface area contributed by atoms with Crippen LogP contribution in [0.5, 0.6) is 11.5 Å². The highest BCUT2D eigenvalue weighted by molar-refractivity contribution is 7.92. The van der Waals surface area contributed by atoms with Crippen LogP contribution >= 0.6 is 11.6 Å². The number of benzene rings is 1. The quantitative estimate of drug-likeness (QED) is 0.471. The molecule has 2 aromatic rings. The van der Waals surface area contributed by atoms with Crippen LogP contribution in [0.25, 0.3) is 0 Å². The third-order valence-electron chi connectivity index (χ3n) is 5.29. The number of nitrogens with one attached hydrogen (secondary N) is 2. The number of nitrogens with zero attached hydrogens (tertiary/aromatic N) is 1. The van der Waals surface area contributed by atoms with Crippen molar-refractivity contribution in [3.8, 4) is 11.5 Å². The molecule has 0 atom stereocenters. The second-order valence-electron chi connectivity index (χ2n) is 7.53. The van der Waals surface area contributed by atoms with E-state index in [1.807, 2.05) is 0 Å². The second kappa shape index (κ2) is 9.43. The summed E-state index contributed by atoms with van der Waals surface area (Å²) in [7, 11) is -4.29. The fourth-order valence-electron chi connectivity index (χ4n) is 3.67. The molecule has 2 aromatic carbocycles. The first kappa shape index (κ1) is 23.1. The number of halogens is 1. The Labute approximate surface area is 196 Å². The Bertz CT molecular complexity index is 1170. The average molecular weight is 495 g/mol. The van der Waals surface area contributed by atoms with Gasteiger partial charge in [-0.2, -0.15) is 0 Å². The molecule has 0 saturated heterocycles. The molecule has 5 N–H and O–H groups in total. The van der Waals surface area contributed by atoms with Crippen molar-refractivity contribution in [2.24, 2.45) is 5.73 Å². The number of carbonyl (C=O) groups is 1. The van der Waals surface area contributed by atoms with Gasteiger partial charge in [0.2, 0.25) is 0 Å². The van der Waals surface area contributed by atoms with Gasteiger partial charge in [-0.25, -0.2) is 8.42 Å². The first-order chi connectivity index (χ1) is 15.8. The fourth-order valence-corrected chi connectivity index (χ4v) is 5.23. The minimum Gasteiger partial charge on any atom is -0.505 e. The van der Waals surface area contributed by atoms with E-state index < -0.39 is 27.2 Å². The van der Waals surface area contributed by atoms with E-state index in [9.17, 15) is 18.3 Å². The SMILES string of the molecule is NC(=O)c1cc2c(c(Cl)c1O)NCCOCCCCN1CCOc3c#cc(cc31)NS2(=O)=O. The summed E-state index contributed by atoms with van der Waals surface area (Å²) in [5.74, 6) is -1.14. The highest BCUT2D eigenvalue weighted by atomic mass is 35.5. The van der Waals surface area contributed by atoms with Crippen molar-refractivity contribution in [2.75, 3.05) is 54.4 Å². The van der Waals surface area contributed by atoms with Crippen molar-refractivity contribution in [1.82, 2.24) is 0 Å². The van der Waals surface area contributed by atoms with Gasteiger partial charge in [0, 0.05) is 19.7 Å². The summed E-state index contributed by atoms with van der Waals surface area (Å²) in [6, 6.07) is 8.21. The maximum atomic E-state index is 13.3. The maximum Gasteiger partial charge on any atom is 0.264 e. The molecule has 33 heavy (non-hydrogen) atoms. The van der Waals surface area contributed by atoms with Crippen LogP contribution in [0.3, 0.4) is 0 Å². The van der Waals surface area contributed by atoms with E-state index in [4.69, 9.17) is 26.8 Å². The molecule has 0 aliphatic carbocycles. The minimum absolute atomic E-state index is 0.0748. The Balaban J connectivity index is 1.80. The monoisotopic (exact) mass is 494 g/mol. The zero-order valence-electron chi connectivity index (χ0n) is 17.6. The van der Waals surface area contributed by atoms with Gasteiger partial charge in [0.1, 0.15) is 28.0 Å². The molecule has 12 heteroatoms. The third kappa shape index (κ3) is 4.83. The van der Waals surface area contributed by atoms with Crippen LogP contribution in [-0.2, 0) is 14.8 Å². The third-order valence-corrected chi connectivity index (χ3v) is 7.05. The van der Waals surface area contributed by atoms with Crippen LogP contribution < -0.4 is 25.4 Å². The number of carbonyl (C=O) groups excluding carboxylic acids is 1. The molecule has 176 valence electrons. The molecule has 0 aromatic heterocycles. The van der Waals surface area contributed by atoms with Crippen LogP contribution in [0.2, 0.25) is 5.02 Å². The van der Waals surface area contributed by atoms with Crippen molar-refractivity contribution in [2.45, 2.75) is 17.7 Å². The van der Waals surface area contributed by atoms with Gasteiger partial charge in [0.15, 0.2) is 5.75 Å². The number of nitrogens with two attached hydrogens (primary N) is 1. The van der Waals surface area contributed by atoms with Crippen LogP contribution in [0.1, 0.15) is 23.2 Å².